The van der Waals surface area contributed by atoms with Crippen LogP contribution in [0.4, 0.5) is 0 Å². The first kappa shape index (κ1) is 52.9. The number of carbonyl (C=O) groups is 4. The van der Waals surface area contributed by atoms with E-state index in [0.717, 1.165) is 114 Å². The summed E-state index contributed by atoms with van der Waals surface area (Å²) in [6, 6.07) is -2.43. The Morgan fingerprint density at radius 2 is 0.778 bits per heavy atom. The molecule has 10 heteroatoms. The lowest BCUT2D eigenvalue weighted by molar-refractivity contribution is -0.149. The molecule has 8 nitrogen and oxygen atoms in total. The molecule has 318 valence electrons. The van der Waals surface area contributed by atoms with Crippen LogP contribution in [0.15, 0.2) is 0 Å². The van der Waals surface area contributed by atoms with E-state index in [9.17, 15) is 9.59 Å². The topological polar surface area (TPSA) is 139 Å². The third-order valence-electron chi connectivity index (χ3n) is 10.9. The molecular weight excluding hydrogens is 717 g/mol. The smallest absolute Gasteiger partial charge is 0.325 e. The van der Waals surface area contributed by atoms with Crippen molar-refractivity contribution in [3.8, 4) is 0 Å². The summed E-state index contributed by atoms with van der Waals surface area (Å²) in [6.07, 6.45) is 29.0. The van der Waals surface area contributed by atoms with E-state index in [4.69, 9.17) is 20.9 Å². The molecule has 0 aromatic heterocycles. The monoisotopic (exact) mass is 801 g/mol. The average molecular weight is 801 g/mol. The van der Waals surface area contributed by atoms with Gasteiger partial charge in [0.1, 0.15) is 12.1 Å². The molecule has 0 saturated carbocycles. The second-order valence-electron chi connectivity index (χ2n) is 15.6. The molecule has 54 heavy (non-hydrogen) atoms. The summed E-state index contributed by atoms with van der Waals surface area (Å²) in [5, 5.41) is 0. The number of unbranched alkanes of at least 4 members (excludes halogenated alkanes) is 20. The van der Waals surface area contributed by atoms with Crippen molar-refractivity contribution in [2.45, 2.75) is 224 Å². The normalized spacial score (nSPS) is 14.9. The number of ether oxygens (including phenoxy) is 2. The molecule has 0 aliphatic carbocycles. The minimum Gasteiger partial charge on any atom is -0.468 e. The first-order chi connectivity index (χ1) is 26.1. The summed E-state index contributed by atoms with van der Waals surface area (Å²) in [5.41, 5.74) is 13.0. The van der Waals surface area contributed by atoms with E-state index in [2.05, 4.69) is 27.7 Å². The molecule has 0 amide bonds. The maximum atomic E-state index is 15.4. The molecule has 0 spiro atoms. The zero-order chi connectivity index (χ0) is 40.5. The predicted molar refractivity (Wildman–Crippen MR) is 232 cm³/mol. The van der Waals surface area contributed by atoms with E-state index in [1.165, 1.54) is 76.4 Å². The molecule has 4 atom stereocenters. The number of methoxy groups -OCH3 is 2. The van der Waals surface area contributed by atoms with Crippen molar-refractivity contribution in [3.05, 3.63) is 0 Å². The molecule has 0 aliphatic rings. The maximum Gasteiger partial charge on any atom is 0.325 e. The molecule has 0 heterocycles. The van der Waals surface area contributed by atoms with Gasteiger partial charge in [-0.25, -0.2) is 0 Å². The molecule has 0 saturated heterocycles. The van der Waals surface area contributed by atoms with E-state index in [1.54, 1.807) is 0 Å². The lowest BCUT2D eigenvalue weighted by atomic mass is 9.74. The van der Waals surface area contributed by atoms with Crippen molar-refractivity contribution < 1.29 is 28.7 Å². The van der Waals surface area contributed by atoms with Crippen LogP contribution in [0.1, 0.15) is 207 Å². The van der Waals surface area contributed by atoms with Crippen LogP contribution in [0.3, 0.4) is 0 Å². The summed E-state index contributed by atoms with van der Waals surface area (Å²) in [5.74, 6) is -2.54. The first-order valence-corrected chi connectivity index (χ1v) is 24.5. The molecule has 4 N–H and O–H groups in total. The molecule has 0 radical (unpaired) electrons. The highest BCUT2D eigenvalue weighted by Gasteiger charge is 2.57. The number of rotatable bonds is 39. The number of esters is 2. The van der Waals surface area contributed by atoms with Gasteiger partial charge >= 0.3 is 11.9 Å². The Hall–Kier alpha value is -1.10. The summed E-state index contributed by atoms with van der Waals surface area (Å²) >= 11 is 0. The van der Waals surface area contributed by atoms with E-state index in [0.29, 0.717) is 25.7 Å². The summed E-state index contributed by atoms with van der Waals surface area (Å²) < 4.78 is 8.22. The fourth-order valence-electron chi connectivity index (χ4n) is 7.38. The molecule has 2 unspecified atom stereocenters. The zero-order valence-electron chi connectivity index (χ0n) is 35.7. The third-order valence-corrected chi connectivity index (χ3v) is 14.0. The summed E-state index contributed by atoms with van der Waals surface area (Å²) in [4.78, 5) is 56.6. The number of hydrogen-bond acceptors (Lipinski definition) is 10. The Labute approximate surface area is 340 Å². The SMILES string of the molecule is CCCCCCCCCC(CCCCCCC)C(=O)C(SSC[C@H](N)C(=O)OC)(C(=O)C(CCCCCCC)CCCCCCCCC)[C@H](N)C(=O)OC. The van der Waals surface area contributed by atoms with Gasteiger partial charge in [-0.05, 0) is 25.7 Å². The number of nitrogens with two attached hydrogens (primary N) is 2. The van der Waals surface area contributed by atoms with Crippen molar-refractivity contribution in [1.82, 2.24) is 0 Å². The fourth-order valence-corrected chi connectivity index (χ4v) is 10.6. The standard InChI is InChI=1S/C44H84N2O6S2/c1-7-11-15-19-21-25-29-33-36(31-27-23-17-13-9-3)40(47)44(39(46)43(50)52-6,54-53-35-38(45)42(49)51-5)41(48)37(32-28-24-18-14-10-4)34-30-26-22-20-16-12-8-2/h36-39H,7-35,45-46H2,1-6H3/t36?,37?,38-,39+,44?/m0/s1. The average Bonchev–Trinajstić information content (AvgIpc) is 3.18. The highest BCUT2D eigenvalue weighted by atomic mass is 33.1. The maximum absolute atomic E-state index is 15.4. The molecule has 0 aromatic rings. The molecular formula is C44H84N2O6S2. The fraction of sp³-hybridized carbons (Fsp3) is 0.909. The number of Topliss-reactive ketones (excluding diaryl/α,β-unsaturated/α-hetero) is 2. The van der Waals surface area contributed by atoms with Crippen LogP contribution in [0, 0.1) is 11.8 Å². The van der Waals surface area contributed by atoms with E-state index in [1.807, 2.05) is 0 Å². The lowest BCUT2D eigenvalue weighted by Gasteiger charge is -2.39. The van der Waals surface area contributed by atoms with Gasteiger partial charge in [0.05, 0.1) is 14.2 Å². The molecule has 0 bridgehead atoms. The van der Waals surface area contributed by atoms with Crippen LogP contribution in [0.25, 0.3) is 0 Å². The van der Waals surface area contributed by atoms with Gasteiger partial charge < -0.3 is 20.9 Å². The van der Waals surface area contributed by atoms with Crippen molar-refractivity contribution in [2.24, 2.45) is 23.3 Å². The Morgan fingerprint density at radius 1 is 0.481 bits per heavy atom. The van der Waals surface area contributed by atoms with Gasteiger partial charge in [-0.3, -0.25) is 19.2 Å². The molecule has 0 fully saturated rings. The second-order valence-corrected chi connectivity index (χ2v) is 18.2. The predicted octanol–water partition coefficient (Wildman–Crippen LogP) is 11.5. The Morgan fingerprint density at radius 3 is 1.07 bits per heavy atom. The Kier molecular flexibility index (Phi) is 34.4. The van der Waals surface area contributed by atoms with Gasteiger partial charge in [-0.15, -0.1) is 0 Å². The van der Waals surface area contributed by atoms with Gasteiger partial charge in [0.2, 0.25) is 0 Å². The minimum absolute atomic E-state index is 0.104. The summed E-state index contributed by atoms with van der Waals surface area (Å²) in [7, 11) is 4.77. The lowest BCUT2D eigenvalue weighted by Crippen LogP contribution is -2.63. The van der Waals surface area contributed by atoms with Gasteiger partial charge in [-0.1, -0.05) is 203 Å². The largest absolute Gasteiger partial charge is 0.468 e. The number of hydrogen-bond donors (Lipinski definition) is 2. The molecule has 0 aromatic carbocycles. The van der Waals surface area contributed by atoms with Crippen LogP contribution in [0.2, 0.25) is 0 Å². The first-order valence-electron chi connectivity index (χ1n) is 22.2. The van der Waals surface area contributed by atoms with E-state index in [-0.39, 0.29) is 17.3 Å². The van der Waals surface area contributed by atoms with Gasteiger partial charge in [0, 0.05) is 17.6 Å². The second kappa shape index (κ2) is 35.1. The van der Waals surface area contributed by atoms with Crippen LogP contribution < -0.4 is 11.5 Å². The van der Waals surface area contributed by atoms with Gasteiger partial charge in [-0.2, -0.15) is 0 Å². The molecule has 0 aliphatic heterocycles. The van der Waals surface area contributed by atoms with Gasteiger partial charge in [0.25, 0.3) is 0 Å². The van der Waals surface area contributed by atoms with Crippen LogP contribution in [0.5, 0.6) is 0 Å². The Balaban J connectivity index is 6.88. The molecule has 0 rings (SSSR count). The van der Waals surface area contributed by atoms with Gasteiger partial charge in [0.15, 0.2) is 16.3 Å². The summed E-state index contributed by atoms with van der Waals surface area (Å²) in [6.45, 7) is 8.81. The van der Waals surface area contributed by atoms with E-state index >= 15 is 9.59 Å². The quantitative estimate of drug-likeness (QED) is 0.0267. The number of ketones is 2. The highest BCUT2D eigenvalue weighted by molar-refractivity contribution is 8.77. The van der Waals surface area contributed by atoms with Crippen molar-refractivity contribution >= 4 is 45.1 Å². The van der Waals surface area contributed by atoms with Crippen molar-refractivity contribution in [3.63, 3.8) is 0 Å². The van der Waals surface area contributed by atoms with Crippen molar-refractivity contribution in [2.75, 3.05) is 20.0 Å². The zero-order valence-corrected chi connectivity index (χ0v) is 37.4. The number of carbonyl (C=O) groups excluding carboxylic acids is 4. The Bertz CT molecular complexity index is 919. The van der Waals surface area contributed by atoms with Crippen LogP contribution in [-0.4, -0.2) is 60.3 Å². The van der Waals surface area contributed by atoms with Crippen LogP contribution in [-0.2, 0) is 28.7 Å². The minimum atomic E-state index is -1.86. The van der Waals surface area contributed by atoms with E-state index < -0.39 is 40.6 Å². The van der Waals surface area contributed by atoms with Crippen molar-refractivity contribution in [1.29, 1.82) is 0 Å². The highest BCUT2D eigenvalue weighted by Crippen LogP contribution is 2.46. The third kappa shape index (κ3) is 22.0. The van der Waals surface area contributed by atoms with Crippen LogP contribution >= 0.6 is 21.6 Å².